The zero-order chi connectivity index (χ0) is 22.1. The summed E-state index contributed by atoms with van der Waals surface area (Å²) in [6.45, 7) is 3.93. The third-order valence-corrected chi connectivity index (χ3v) is 5.45. The summed E-state index contributed by atoms with van der Waals surface area (Å²) < 4.78 is 0. The van der Waals surface area contributed by atoms with Gasteiger partial charge in [-0.1, -0.05) is 43.2 Å². The summed E-state index contributed by atoms with van der Waals surface area (Å²) in [5.41, 5.74) is 9.49. The second kappa shape index (κ2) is 11.0. The van der Waals surface area contributed by atoms with E-state index in [-0.39, 0.29) is 18.5 Å². The summed E-state index contributed by atoms with van der Waals surface area (Å²) >= 11 is 0. The quantitative estimate of drug-likeness (QED) is 0.121. The maximum atomic E-state index is 12.5. The van der Waals surface area contributed by atoms with Crippen molar-refractivity contribution in [3.8, 4) is 5.97 Å². The molecule has 1 aromatic rings. The number of hydrazone groups is 1. The van der Waals surface area contributed by atoms with E-state index in [0.717, 1.165) is 31.1 Å². The Kier molecular flexibility index (Phi) is 8.42. The minimum absolute atomic E-state index is 0.109. The van der Waals surface area contributed by atoms with Crippen LogP contribution in [0.1, 0.15) is 49.0 Å². The molecule has 1 aromatic carbocycles. The Balaban J connectivity index is 2.21. The number of benzene rings is 1. The van der Waals surface area contributed by atoms with Crippen LogP contribution in [-0.4, -0.2) is 25.1 Å². The number of rotatable bonds is 7. The number of carbonyl (C=O) groups excluding carboxylic acids is 2. The maximum Gasteiger partial charge on any atom is 0.267 e. The third kappa shape index (κ3) is 6.08. The summed E-state index contributed by atoms with van der Waals surface area (Å²) in [5.74, 6) is 7.79. The summed E-state index contributed by atoms with van der Waals surface area (Å²) in [6, 6.07) is 3.24. The topological polar surface area (TPSA) is 134 Å². The van der Waals surface area contributed by atoms with Crippen LogP contribution < -0.4 is 16.9 Å². The lowest BCUT2D eigenvalue weighted by molar-refractivity contribution is -0.117. The SMILES string of the molecule is C/C=C(C)/C=C(\C=NN)c1c(N)cc(NC(=O)CC2CCB(C#N)CC2)cc1C=O. The van der Waals surface area contributed by atoms with Crippen molar-refractivity contribution in [2.24, 2.45) is 16.9 Å². The maximum absolute atomic E-state index is 12.5. The molecule has 1 amide bonds. The van der Waals surface area contributed by atoms with Crippen molar-refractivity contribution >= 4 is 42.1 Å². The number of anilines is 2. The van der Waals surface area contributed by atoms with Gasteiger partial charge < -0.3 is 16.9 Å². The van der Waals surface area contributed by atoms with Gasteiger partial charge in [0, 0.05) is 40.5 Å². The number of hydrogen-bond donors (Lipinski definition) is 3. The van der Waals surface area contributed by atoms with Crippen molar-refractivity contribution in [1.29, 1.82) is 5.26 Å². The average molecular weight is 405 g/mol. The number of nitrogens with zero attached hydrogens (tertiary/aromatic N) is 2. The average Bonchev–Trinajstić information content (AvgIpc) is 2.73. The lowest BCUT2D eigenvalue weighted by atomic mass is 9.41. The fourth-order valence-electron chi connectivity index (χ4n) is 3.74. The molecule has 156 valence electrons. The van der Waals surface area contributed by atoms with Crippen molar-refractivity contribution in [3.05, 3.63) is 41.0 Å². The molecule has 8 heteroatoms. The van der Waals surface area contributed by atoms with E-state index < -0.39 is 0 Å². The van der Waals surface area contributed by atoms with Gasteiger partial charge in [0.05, 0.1) is 6.21 Å². The Morgan fingerprint density at radius 2 is 2.10 bits per heavy atom. The van der Waals surface area contributed by atoms with E-state index in [0.29, 0.717) is 40.8 Å². The predicted octanol–water partition coefficient (Wildman–Crippen LogP) is 3.67. The number of carbonyl (C=O) groups is 2. The summed E-state index contributed by atoms with van der Waals surface area (Å²) in [6.07, 6.45) is 9.73. The summed E-state index contributed by atoms with van der Waals surface area (Å²) in [4.78, 5) is 24.2. The van der Waals surface area contributed by atoms with Crippen LogP contribution >= 0.6 is 0 Å². The van der Waals surface area contributed by atoms with Crippen LogP contribution in [0.5, 0.6) is 0 Å². The number of nitrogen functional groups attached to an aromatic ring is 1. The van der Waals surface area contributed by atoms with Gasteiger partial charge in [-0.3, -0.25) is 9.59 Å². The van der Waals surface area contributed by atoms with Crippen LogP contribution in [0, 0.1) is 17.1 Å². The van der Waals surface area contributed by atoms with Gasteiger partial charge in [0.15, 0.2) is 6.29 Å². The normalized spacial score (nSPS) is 15.8. The Labute approximate surface area is 178 Å². The number of nitrogens with one attached hydrogen (secondary N) is 1. The van der Waals surface area contributed by atoms with Gasteiger partial charge in [0.1, 0.15) is 0 Å². The summed E-state index contributed by atoms with van der Waals surface area (Å²) in [5, 5.41) is 15.4. The van der Waals surface area contributed by atoms with E-state index in [4.69, 9.17) is 16.8 Å². The summed E-state index contributed by atoms with van der Waals surface area (Å²) in [7, 11) is 0. The van der Waals surface area contributed by atoms with Crippen molar-refractivity contribution in [1.82, 2.24) is 0 Å². The number of aldehydes is 1. The van der Waals surface area contributed by atoms with Crippen LogP contribution in [-0.2, 0) is 4.79 Å². The fraction of sp³-hybridized carbons (Fsp3) is 0.364. The Hall–Kier alpha value is -3.34. The first-order valence-corrected chi connectivity index (χ1v) is 10.1. The molecule has 30 heavy (non-hydrogen) atoms. The highest BCUT2D eigenvalue weighted by molar-refractivity contribution is 6.67. The molecule has 1 saturated heterocycles. The number of hydrogen-bond acceptors (Lipinski definition) is 6. The van der Waals surface area contributed by atoms with Crippen molar-refractivity contribution < 1.29 is 9.59 Å². The minimum atomic E-state index is -0.122. The molecule has 0 spiro atoms. The minimum Gasteiger partial charge on any atom is -0.398 e. The van der Waals surface area contributed by atoms with Crippen molar-refractivity contribution in [2.45, 2.75) is 45.8 Å². The lowest BCUT2D eigenvalue weighted by Crippen LogP contribution is -2.24. The highest BCUT2D eigenvalue weighted by Crippen LogP contribution is 2.30. The number of nitrogens with two attached hydrogens (primary N) is 2. The van der Waals surface area contributed by atoms with Gasteiger partial charge in [-0.2, -0.15) is 5.10 Å². The molecule has 1 aliphatic heterocycles. The second-order valence-corrected chi connectivity index (χ2v) is 7.66. The van der Waals surface area contributed by atoms with E-state index in [1.807, 2.05) is 26.0 Å². The highest BCUT2D eigenvalue weighted by atomic mass is 16.1. The molecule has 7 nitrogen and oxygen atoms in total. The van der Waals surface area contributed by atoms with E-state index >= 15 is 0 Å². The zero-order valence-corrected chi connectivity index (χ0v) is 17.5. The molecule has 1 fully saturated rings. The van der Waals surface area contributed by atoms with Gasteiger partial charge in [-0.05, 0) is 31.9 Å². The Bertz CT molecular complexity index is 922. The molecule has 0 unspecified atom stereocenters. The van der Waals surface area contributed by atoms with E-state index in [1.54, 1.807) is 12.1 Å². The molecule has 0 aliphatic carbocycles. The molecule has 0 atom stereocenters. The largest absolute Gasteiger partial charge is 0.398 e. The van der Waals surface area contributed by atoms with Gasteiger partial charge in [-0.15, -0.1) is 0 Å². The van der Waals surface area contributed by atoms with E-state index in [1.165, 1.54) is 6.21 Å². The predicted molar refractivity (Wildman–Crippen MR) is 123 cm³/mol. The van der Waals surface area contributed by atoms with E-state index in [2.05, 4.69) is 16.4 Å². The van der Waals surface area contributed by atoms with Crippen molar-refractivity contribution in [3.63, 3.8) is 0 Å². The molecule has 5 N–H and O–H groups in total. The number of nitriles is 1. The second-order valence-electron chi connectivity index (χ2n) is 7.66. The third-order valence-electron chi connectivity index (χ3n) is 5.45. The standard InChI is InChI=1S/C22H28BN5O2/c1-3-15(2)8-17(12-27-26)22-18(13-29)10-19(11-20(22)25)28-21(30)9-16-4-6-23(14-24)7-5-16/h3,8,10-13,16H,4-7,9,25-26H2,1-2H3,(H,28,30)/b15-3+,17-8+,27-12?. The number of amides is 1. The first kappa shape index (κ1) is 22.9. The first-order chi connectivity index (χ1) is 14.4. The molecule has 0 saturated carbocycles. The molecule has 0 aromatic heterocycles. The van der Waals surface area contributed by atoms with Gasteiger partial charge >= 0.3 is 0 Å². The zero-order valence-electron chi connectivity index (χ0n) is 17.5. The van der Waals surface area contributed by atoms with Crippen LogP contribution in [0.2, 0.25) is 12.6 Å². The van der Waals surface area contributed by atoms with Gasteiger partial charge in [-0.25, -0.2) is 5.26 Å². The smallest absolute Gasteiger partial charge is 0.267 e. The molecule has 1 heterocycles. The Morgan fingerprint density at radius 3 is 2.67 bits per heavy atom. The molecule has 2 rings (SSSR count). The molecular weight excluding hydrogens is 377 g/mol. The van der Waals surface area contributed by atoms with E-state index in [9.17, 15) is 9.59 Å². The first-order valence-electron chi connectivity index (χ1n) is 10.1. The van der Waals surface area contributed by atoms with Crippen LogP contribution in [0.3, 0.4) is 0 Å². The number of allylic oxidation sites excluding steroid dienone is 4. The van der Waals surface area contributed by atoms with Crippen LogP contribution in [0.15, 0.2) is 35.0 Å². The van der Waals surface area contributed by atoms with Gasteiger partial charge in [0.25, 0.3) is 6.71 Å². The molecule has 1 aliphatic rings. The lowest BCUT2D eigenvalue weighted by Gasteiger charge is -2.22. The molecular formula is C22H28BN5O2. The molecule has 0 bridgehead atoms. The van der Waals surface area contributed by atoms with Crippen molar-refractivity contribution in [2.75, 3.05) is 11.1 Å². The van der Waals surface area contributed by atoms with Crippen LogP contribution in [0.25, 0.3) is 5.57 Å². The van der Waals surface area contributed by atoms with Gasteiger partial charge in [0.2, 0.25) is 5.91 Å². The molecule has 0 radical (unpaired) electrons. The monoisotopic (exact) mass is 405 g/mol. The Morgan fingerprint density at radius 1 is 1.40 bits per heavy atom. The van der Waals surface area contributed by atoms with Crippen LogP contribution in [0.4, 0.5) is 11.4 Å². The fourth-order valence-corrected chi connectivity index (χ4v) is 3.74. The highest BCUT2D eigenvalue weighted by Gasteiger charge is 2.25.